The molecule has 0 saturated heterocycles. The van der Waals surface area contributed by atoms with Crippen LogP contribution in [-0.4, -0.2) is 26.5 Å². The lowest BCUT2D eigenvalue weighted by atomic mass is 10.2. The van der Waals surface area contributed by atoms with Gasteiger partial charge < -0.3 is 0 Å². The Kier molecular flexibility index (Phi) is 6.28. The van der Waals surface area contributed by atoms with Crippen molar-refractivity contribution in [3.63, 3.8) is 0 Å². The molecule has 0 saturated carbocycles. The van der Waals surface area contributed by atoms with E-state index in [0.29, 0.717) is 16.0 Å². The topological polar surface area (TPSA) is 76.9 Å². The van der Waals surface area contributed by atoms with Gasteiger partial charge >= 0.3 is 0 Å². The van der Waals surface area contributed by atoms with E-state index in [1.807, 2.05) is 6.92 Å². The molecule has 0 radical (unpaired) electrons. The van der Waals surface area contributed by atoms with E-state index >= 15 is 0 Å². The maximum absolute atomic E-state index is 12.0. The van der Waals surface area contributed by atoms with Gasteiger partial charge in [-0.1, -0.05) is 24.9 Å². The summed E-state index contributed by atoms with van der Waals surface area (Å²) in [5.41, 5.74) is 1.84. The smallest absolute Gasteiger partial charge is 0.250 e. The summed E-state index contributed by atoms with van der Waals surface area (Å²) in [6.45, 7) is 6.14. The summed E-state index contributed by atoms with van der Waals surface area (Å²) in [5.74, 6) is -0.472. The van der Waals surface area contributed by atoms with E-state index < -0.39 is 0 Å². The molecule has 128 valence electrons. The molecule has 2 aromatic rings. The van der Waals surface area contributed by atoms with Crippen LogP contribution in [0.3, 0.4) is 0 Å². The van der Waals surface area contributed by atoms with Crippen molar-refractivity contribution >= 4 is 45.8 Å². The fraction of sp³-hybridized carbons (Fsp3) is 0.375. The molecular weight excluding hydrogens is 348 g/mol. The number of thiazole rings is 1. The molecule has 0 unspecified atom stereocenters. The number of anilines is 1. The molecule has 0 spiro atoms. The molecule has 0 aliphatic heterocycles. The van der Waals surface area contributed by atoms with E-state index in [0.717, 1.165) is 30.6 Å². The van der Waals surface area contributed by atoms with Crippen molar-refractivity contribution in [1.29, 1.82) is 0 Å². The second kappa shape index (κ2) is 8.21. The van der Waals surface area contributed by atoms with Gasteiger partial charge in [0.2, 0.25) is 5.91 Å². The predicted molar refractivity (Wildman–Crippen MR) is 96.7 cm³/mol. The molecule has 8 heteroatoms. The third kappa shape index (κ3) is 4.52. The number of nitrogens with zero attached hydrogens (tertiary/aromatic N) is 3. The van der Waals surface area contributed by atoms with E-state index in [1.54, 1.807) is 16.1 Å². The van der Waals surface area contributed by atoms with E-state index in [-0.39, 0.29) is 11.7 Å². The van der Waals surface area contributed by atoms with E-state index in [2.05, 4.69) is 22.3 Å². The molecule has 0 bridgehead atoms. The van der Waals surface area contributed by atoms with Crippen molar-refractivity contribution in [1.82, 2.24) is 14.8 Å². The van der Waals surface area contributed by atoms with Crippen molar-refractivity contribution in [3.05, 3.63) is 33.6 Å². The lowest BCUT2D eigenvalue weighted by molar-refractivity contribution is -0.111. The summed E-state index contributed by atoms with van der Waals surface area (Å²) in [5, 5.41) is 9.54. The fourth-order valence-electron chi connectivity index (χ4n) is 2.01. The molecule has 24 heavy (non-hydrogen) atoms. The van der Waals surface area contributed by atoms with E-state index in [1.165, 1.54) is 24.3 Å². The third-order valence-electron chi connectivity index (χ3n) is 3.33. The van der Waals surface area contributed by atoms with Crippen LogP contribution in [0.5, 0.6) is 0 Å². The van der Waals surface area contributed by atoms with Crippen molar-refractivity contribution in [2.45, 2.75) is 40.2 Å². The Balaban J connectivity index is 2.05. The van der Waals surface area contributed by atoms with Crippen LogP contribution in [0.25, 0.3) is 6.08 Å². The minimum absolute atomic E-state index is 0.135. The van der Waals surface area contributed by atoms with Gasteiger partial charge in [0.1, 0.15) is 10.8 Å². The number of unbranched alkanes of at least 4 members (excludes halogenated alkanes) is 1. The number of carbonyl (C=O) groups excluding carboxylic acids is 2. The number of nitrogens with one attached hydrogen (secondary N) is 1. The predicted octanol–water partition coefficient (Wildman–Crippen LogP) is 3.96. The molecule has 1 amide bonds. The summed E-state index contributed by atoms with van der Waals surface area (Å²) in [6, 6.07) is 0. The number of ketones is 1. The van der Waals surface area contributed by atoms with Crippen LogP contribution < -0.4 is 5.32 Å². The number of hydrogen-bond donors (Lipinski definition) is 1. The highest BCUT2D eigenvalue weighted by Crippen LogP contribution is 2.22. The lowest BCUT2D eigenvalue weighted by Gasteiger charge is -2.00. The number of halogens is 1. The largest absolute Gasteiger partial charge is 0.298 e. The molecule has 6 nitrogen and oxygen atoms in total. The molecular formula is C16H19ClN4O2S. The van der Waals surface area contributed by atoms with E-state index in [9.17, 15) is 9.59 Å². The average molecular weight is 367 g/mol. The molecule has 0 aliphatic carbocycles. The van der Waals surface area contributed by atoms with E-state index in [4.69, 9.17) is 11.6 Å². The standard InChI is InChI=1S/C16H19ClN4O2S/c1-4-5-8-21-15(17)12(10(2)20-21)6-7-14(23)19-16-18-13(9-24-16)11(3)22/h6-7,9H,4-5,8H2,1-3H3,(H,18,19,23)/b7-6+. The van der Waals surface area contributed by atoms with Crippen LogP contribution >= 0.6 is 22.9 Å². The maximum Gasteiger partial charge on any atom is 0.250 e. The number of Topliss-reactive ketones (excluding diaryl/α,β-unsaturated/α-hetero) is 1. The summed E-state index contributed by atoms with van der Waals surface area (Å²) < 4.78 is 1.75. The zero-order valence-electron chi connectivity index (χ0n) is 13.8. The molecule has 0 aromatic carbocycles. The first-order chi connectivity index (χ1) is 11.4. The van der Waals surface area contributed by atoms with Crippen LogP contribution in [0.4, 0.5) is 5.13 Å². The Hall–Kier alpha value is -1.99. The van der Waals surface area contributed by atoms with Gasteiger partial charge in [-0.3, -0.25) is 19.6 Å². The number of aromatic nitrogens is 3. The highest BCUT2D eigenvalue weighted by Gasteiger charge is 2.12. The van der Waals surface area contributed by atoms with Gasteiger partial charge in [0.05, 0.1) is 5.69 Å². The monoisotopic (exact) mass is 366 g/mol. The number of hydrogen-bond acceptors (Lipinski definition) is 5. The average Bonchev–Trinajstić information content (AvgIpc) is 3.09. The Bertz CT molecular complexity index is 779. The normalized spacial score (nSPS) is 11.2. The van der Waals surface area contributed by atoms with Crippen LogP contribution in [0.2, 0.25) is 5.15 Å². The fourth-order valence-corrected chi connectivity index (χ4v) is 3.09. The van der Waals surface area contributed by atoms with Crippen molar-refractivity contribution in [2.24, 2.45) is 0 Å². The highest BCUT2D eigenvalue weighted by atomic mass is 35.5. The van der Waals surface area contributed by atoms with Gasteiger partial charge in [0, 0.05) is 30.5 Å². The van der Waals surface area contributed by atoms with Gasteiger partial charge in [0.25, 0.3) is 0 Å². The van der Waals surface area contributed by atoms with Gasteiger partial charge in [-0.2, -0.15) is 5.10 Å². The van der Waals surface area contributed by atoms with Crippen LogP contribution in [0.1, 0.15) is 48.4 Å². The van der Waals surface area contributed by atoms with Crippen LogP contribution in [-0.2, 0) is 11.3 Å². The number of carbonyl (C=O) groups is 2. The van der Waals surface area contributed by atoms with Crippen LogP contribution in [0.15, 0.2) is 11.5 Å². The molecule has 0 fully saturated rings. The SMILES string of the molecule is CCCCn1nc(C)c(/C=C/C(=O)Nc2nc(C(C)=O)cs2)c1Cl. The van der Waals surface area contributed by atoms with Gasteiger partial charge in [-0.25, -0.2) is 4.98 Å². The maximum atomic E-state index is 12.0. The highest BCUT2D eigenvalue weighted by molar-refractivity contribution is 7.14. The zero-order chi connectivity index (χ0) is 17.7. The zero-order valence-corrected chi connectivity index (χ0v) is 15.4. The summed E-state index contributed by atoms with van der Waals surface area (Å²) >= 11 is 7.52. The first kappa shape index (κ1) is 18.4. The van der Waals surface area contributed by atoms with Gasteiger partial charge in [0.15, 0.2) is 10.9 Å². The third-order valence-corrected chi connectivity index (χ3v) is 4.49. The first-order valence-corrected chi connectivity index (χ1v) is 8.86. The summed E-state index contributed by atoms with van der Waals surface area (Å²) in [6.07, 6.45) is 5.07. The minimum atomic E-state index is -0.337. The first-order valence-electron chi connectivity index (χ1n) is 7.60. The molecule has 2 heterocycles. The van der Waals surface area contributed by atoms with Gasteiger partial charge in [-0.05, 0) is 19.4 Å². The lowest BCUT2D eigenvalue weighted by Crippen LogP contribution is -2.07. The second-order valence-electron chi connectivity index (χ2n) is 5.28. The van der Waals surface area contributed by atoms with Crippen molar-refractivity contribution in [2.75, 3.05) is 5.32 Å². The molecule has 0 atom stereocenters. The molecule has 2 aromatic heterocycles. The molecule has 1 N–H and O–H groups in total. The van der Waals surface area contributed by atoms with Crippen molar-refractivity contribution < 1.29 is 9.59 Å². The molecule has 2 rings (SSSR count). The number of aryl methyl sites for hydroxylation is 2. The summed E-state index contributed by atoms with van der Waals surface area (Å²) in [4.78, 5) is 27.2. The number of amides is 1. The second-order valence-corrected chi connectivity index (χ2v) is 6.50. The Morgan fingerprint density at radius 1 is 1.46 bits per heavy atom. The number of rotatable bonds is 7. The van der Waals surface area contributed by atoms with Gasteiger partial charge in [-0.15, -0.1) is 11.3 Å². The Morgan fingerprint density at radius 2 is 2.21 bits per heavy atom. The minimum Gasteiger partial charge on any atom is -0.298 e. The molecule has 0 aliphatic rings. The quantitative estimate of drug-likeness (QED) is 0.594. The Labute approximate surface area is 149 Å². The van der Waals surface area contributed by atoms with Crippen LogP contribution in [0, 0.1) is 6.92 Å². The van der Waals surface area contributed by atoms with Crippen molar-refractivity contribution in [3.8, 4) is 0 Å². The summed E-state index contributed by atoms with van der Waals surface area (Å²) in [7, 11) is 0. The Morgan fingerprint density at radius 3 is 2.83 bits per heavy atom.